The second-order valence-corrected chi connectivity index (χ2v) is 4.39. The summed E-state index contributed by atoms with van der Waals surface area (Å²) in [6.07, 6.45) is 1.49. The highest BCUT2D eigenvalue weighted by atomic mass is 79.9. The van der Waals surface area contributed by atoms with Gasteiger partial charge in [0, 0.05) is 0 Å². The van der Waals surface area contributed by atoms with Gasteiger partial charge in [-0.2, -0.15) is 10.2 Å². The van der Waals surface area contributed by atoms with Gasteiger partial charge in [0.2, 0.25) is 0 Å². The molecule has 1 aromatic carbocycles. The highest BCUT2D eigenvalue weighted by Gasteiger charge is 2.03. The topological polar surface area (TPSA) is 70.1 Å². The first kappa shape index (κ1) is 12.5. The lowest BCUT2D eigenvalue weighted by Crippen LogP contribution is -2.11. The van der Waals surface area contributed by atoms with Crippen molar-refractivity contribution in [1.29, 1.82) is 0 Å². The first-order valence-electron chi connectivity index (χ1n) is 5.27. The summed E-state index contributed by atoms with van der Waals surface area (Å²) >= 11 is 3.17. The Balaban J connectivity index is 2.21. The zero-order valence-corrected chi connectivity index (χ0v) is 11.2. The molecule has 0 amide bonds. The van der Waals surface area contributed by atoms with Gasteiger partial charge in [0.15, 0.2) is 0 Å². The maximum Gasteiger partial charge on any atom is 0.280 e. The Morgan fingerprint density at radius 3 is 2.83 bits per heavy atom. The fourth-order valence-electron chi connectivity index (χ4n) is 1.35. The van der Waals surface area contributed by atoms with E-state index in [1.807, 2.05) is 37.3 Å². The van der Waals surface area contributed by atoms with E-state index in [4.69, 9.17) is 0 Å². The summed E-state index contributed by atoms with van der Waals surface area (Å²) in [5, 5.41) is 10.2. The summed E-state index contributed by atoms with van der Waals surface area (Å²) in [4.78, 5) is 11.3. The van der Waals surface area contributed by atoms with Crippen LogP contribution in [-0.4, -0.2) is 15.9 Å². The van der Waals surface area contributed by atoms with Crippen molar-refractivity contribution >= 4 is 27.3 Å². The van der Waals surface area contributed by atoms with Gasteiger partial charge in [0.1, 0.15) is 4.47 Å². The first-order chi connectivity index (χ1) is 8.68. The number of rotatable bonds is 3. The molecule has 0 saturated carbocycles. The number of nitrogens with one attached hydrogen (secondary N) is 2. The Labute approximate surface area is 112 Å². The molecule has 0 radical (unpaired) electrons. The first-order valence-corrected chi connectivity index (χ1v) is 6.06. The Morgan fingerprint density at radius 2 is 2.11 bits per heavy atom. The molecular weight excluding hydrogens is 296 g/mol. The monoisotopic (exact) mass is 306 g/mol. The zero-order valence-electron chi connectivity index (χ0n) is 9.64. The van der Waals surface area contributed by atoms with Crippen molar-refractivity contribution in [1.82, 2.24) is 10.2 Å². The molecule has 2 aromatic rings. The van der Waals surface area contributed by atoms with Crippen LogP contribution in [0.4, 0.5) is 5.69 Å². The van der Waals surface area contributed by atoms with Crippen LogP contribution in [0.25, 0.3) is 0 Å². The van der Waals surface area contributed by atoms with Crippen LogP contribution in [0.2, 0.25) is 0 Å². The van der Waals surface area contributed by atoms with Crippen LogP contribution in [0.1, 0.15) is 12.5 Å². The van der Waals surface area contributed by atoms with E-state index in [0.717, 1.165) is 11.3 Å². The maximum atomic E-state index is 11.3. The van der Waals surface area contributed by atoms with Gasteiger partial charge in [-0.15, -0.1) is 0 Å². The van der Waals surface area contributed by atoms with Crippen molar-refractivity contribution in [2.24, 2.45) is 5.10 Å². The third kappa shape index (κ3) is 2.84. The summed E-state index contributed by atoms with van der Waals surface area (Å²) < 4.78 is 0.377. The summed E-state index contributed by atoms with van der Waals surface area (Å²) in [6, 6.07) is 9.76. The van der Waals surface area contributed by atoms with Gasteiger partial charge in [-0.3, -0.25) is 10.2 Å². The Kier molecular flexibility index (Phi) is 3.88. The van der Waals surface area contributed by atoms with E-state index in [1.165, 1.54) is 6.20 Å². The van der Waals surface area contributed by atoms with Crippen molar-refractivity contribution in [2.45, 2.75) is 6.92 Å². The van der Waals surface area contributed by atoms with Crippen LogP contribution in [0, 0.1) is 0 Å². The van der Waals surface area contributed by atoms with Crippen molar-refractivity contribution < 1.29 is 0 Å². The Morgan fingerprint density at radius 1 is 1.39 bits per heavy atom. The molecule has 1 heterocycles. The number of aromatic amines is 1. The molecule has 2 N–H and O–H groups in total. The minimum absolute atomic E-state index is 0.299. The second-order valence-electron chi connectivity index (χ2n) is 3.60. The highest BCUT2D eigenvalue weighted by Crippen LogP contribution is 2.15. The molecule has 92 valence electrons. The van der Waals surface area contributed by atoms with E-state index in [1.54, 1.807) is 0 Å². The highest BCUT2D eigenvalue weighted by molar-refractivity contribution is 9.10. The lowest BCUT2D eigenvalue weighted by atomic mass is 10.1. The van der Waals surface area contributed by atoms with Crippen molar-refractivity contribution in [2.75, 3.05) is 5.43 Å². The van der Waals surface area contributed by atoms with Crippen LogP contribution in [0.3, 0.4) is 0 Å². The molecule has 5 nitrogen and oxygen atoms in total. The number of anilines is 1. The third-order valence-electron chi connectivity index (χ3n) is 2.33. The van der Waals surface area contributed by atoms with E-state index >= 15 is 0 Å². The lowest BCUT2D eigenvalue weighted by Gasteiger charge is -2.04. The third-order valence-corrected chi connectivity index (χ3v) is 3.12. The summed E-state index contributed by atoms with van der Waals surface area (Å²) in [5.74, 6) is 0. The second kappa shape index (κ2) is 5.59. The molecule has 0 aliphatic carbocycles. The van der Waals surface area contributed by atoms with E-state index < -0.39 is 0 Å². The van der Waals surface area contributed by atoms with E-state index in [9.17, 15) is 4.79 Å². The quantitative estimate of drug-likeness (QED) is 0.675. The Hall–Kier alpha value is -1.95. The van der Waals surface area contributed by atoms with E-state index in [0.29, 0.717) is 10.2 Å². The normalized spacial score (nSPS) is 11.3. The van der Waals surface area contributed by atoms with Crippen LogP contribution in [-0.2, 0) is 0 Å². The number of halogens is 1. The molecule has 0 spiro atoms. The van der Waals surface area contributed by atoms with Gasteiger partial charge in [0.25, 0.3) is 5.56 Å². The van der Waals surface area contributed by atoms with Crippen LogP contribution >= 0.6 is 15.9 Å². The van der Waals surface area contributed by atoms with Crippen LogP contribution in [0.15, 0.2) is 50.9 Å². The fourth-order valence-corrected chi connectivity index (χ4v) is 1.63. The van der Waals surface area contributed by atoms with Gasteiger partial charge in [-0.05, 0) is 28.4 Å². The van der Waals surface area contributed by atoms with Crippen molar-refractivity contribution in [3.8, 4) is 0 Å². The predicted octanol–water partition coefficient (Wildman–Crippen LogP) is 2.37. The SMILES string of the molecule is C/C(=N/Nc1cn[nH]c(=O)c1Br)c1ccccc1. The molecule has 2 rings (SSSR count). The number of H-pyrrole nitrogens is 1. The minimum Gasteiger partial charge on any atom is -0.275 e. The van der Waals surface area contributed by atoms with Gasteiger partial charge in [-0.1, -0.05) is 30.3 Å². The van der Waals surface area contributed by atoms with Gasteiger partial charge < -0.3 is 0 Å². The molecular formula is C12H11BrN4O. The number of hydrogen-bond donors (Lipinski definition) is 2. The predicted molar refractivity (Wildman–Crippen MR) is 74.8 cm³/mol. The average Bonchev–Trinajstić information content (AvgIpc) is 2.41. The van der Waals surface area contributed by atoms with Gasteiger partial charge in [-0.25, -0.2) is 5.10 Å². The smallest absolute Gasteiger partial charge is 0.275 e. The lowest BCUT2D eigenvalue weighted by molar-refractivity contribution is 0.976. The molecule has 0 aliphatic heterocycles. The van der Waals surface area contributed by atoms with E-state index in [-0.39, 0.29) is 5.56 Å². The fraction of sp³-hybridized carbons (Fsp3) is 0.0833. The number of hydrogen-bond acceptors (Lipinski definition) is 4. The molecule has 0 fully saturated rings. The summed E-state index contributed by atoms with van der Waals surface area (Å²) in [6.45, 7) is 1.89. The zero-order chi connectivity index (χ0) is 13.0. The molecule has 0 saturated heterocycles. The molecule has 0 bridgehead atoms. The standard InChI is InChI=1S/C12H11BrN4O/c1-8(9-5-3-2-4-6-9)15-16-10-7-14-17-12(18)11(10)13/h2-7H,1H3,(H2,16,17,18)/b15-8-. The molecule has 18 heavy (non-hydrogen) atoms. The summed E-state index contributed by atoms with van der Waals surface area (Å²) in [5.41, 5.74) is 4.87. The molecule has 6 heteroatoms. The molecule has 1 aromatic heterocycles. The largest absolute Gasteiger partial charge is 0.280 e. The maximum absolute atomic E-state index is 11.3. The molecule has 0 aliphatic rings. The van der Waals surface area contributed by atoms with Gasteiger partial charge >= 0.3 is 0 Å². The van der Waals surface area contributed by atoms with E-state index in [2.05, 4.69) is 36.7 Å². The number of hydrazone groups is 1. The minimum atomic E-state index is -0.299. The van der Waals surface area contributed by atoms with Gasteiger partial charge in [0.05, 0.1) is 17.6 Å². The van der Waals surface area contributed by atoms with Crippen molar-refractivity contribution in [3.63, 3.8) is 0 Å². The molecule has 0 atom stereocenters. The van der Waals surface area contributed by atoms with Crippen LogP contribution in [0.5, 0.6) is 0 Å². The Bertz CT molecular complexity index is 621. The number of benzene rings is 1. The van der Waals surface area contributed by atoms with Crippen molar-refractivity contribution in [3.05, 3.63) is 56.9 Å². The number of aromatic nitrogens is 2. The average molecular weight is 307 g/mol. The summed E-state index contributed by atoms with van der Waals surface area (Å²) in [7, 11) is 0. The van der Waals surface area contributed by atoms with Crippen LogP contribution < -0.4 is 11.0 Å². The number of nitrogens with zero attached hydrogens (tertiary/aromatic N) is 2. The molecule has 0 unspecified atom stereocenters.